The number of carbonyl (C=O) groups excluding carboxylic acids is 2. The van der Waals surface area contributed by atoms with Crippen molar-refractivity contribution in [1.29, 1.82) is 0 Å². The number of nitrogens with one attached hydrogen (secondary N) is 1. The lowest BCUT2D eigenvalue weighted by Gasteiger charge is -2.34. The predicted octanol–water partition coefficient (Wildman–Crippen LogP) is 5.76. The van der Waals surface area contributed by atoms with Gasteiger partial charge in [-0.05, 0) is 75.1 Å². The second kappa shape index (κ2) is 14.6. The fourth-order valence-corrected chi connectivity index (χ4v) is 6.88. The van der Waals surface area contributed by atoms with Gasteiger partial charge in [-0.2, -0.15) is 0 Å². The van der Waals surface area contributed by atoms with Crippen LogP contribution in [-0.4, -0.2) is 50.9 Å². The van der Waals surface area contributed by atoms with Gasteiger partial charge < -0.3 is 15.0 Å². The molecule has 43 heavy (non-hydrogen) atoms. The molecule has 230 valence electrons. The van der Waals surface area contributed by atoms with E-state index in [0.29, 0.717) is 17.9 Å². The second-order valence-corrected chi connectivity index (χ2v) is 13.2. The van der Waals surface area contributed by atoms with Crippen LogP contribution in [0.3, 0.4) is 0 Å². The molecule has 0 spiro atoms. The minimum Gasteiger partial charge on any atom is -0.497 e. The van der Waals surface area contributed by atoms with Crippen LogP contribution in [0.1, 0.15) is 62.1 Å². The van der Waals surface area contributed by atoms with E-state index in [0.717, 1.165) is 53.1 Å². The van der Waals surface area contributed by atoms with Gasteiger partial charge in [0.15, 0.2) is 0 Å². The molecule has 4 rings (SSSR count). The quantitative estimate of drug-likeness (QED) is 0.283. The van der Waals surface area contributed by atoms with E-state index in [1.54, 1.807) is 48.5 Å². The first kappa shape index (κ1) is 32.1. The van der Waals surface area contributed by atoms with Crippen molar-refractivity contribution in [2.45, 2.75) is 82.8 Å². The molecule has 1 aliphatic rings. The van der Waals surface area contributed by atoms with E-state index >= 15 is 0 Å². The third-order valence-electron chi connectivity index (χ3n) is 8.06. The van der Waals surface area contributed by atoms with Crippen LogP contribution < -0.4 is 14.4 Å². The number of ether oxygens (including phenoxy) is 1. The maximum atomic E-state index is 14.3. The van der Waals surface area contributed by atoms with E-state index in [9.17, 15) is 18.0 Å². The van der Waals surface area contributed by atoms with Gasteiger partial charge in [0.05, 0.1) is 17.7 Å². The number of carbonyl (C=O) groups is 2. The Hall–Kier alpha value is -3.85. The minimum atomic E-state index is -4.13. The molecule has 0 heterocycles. The smallest absolute Gasteiger partial charge is 0.264 e. The van der Waals surface area contributed by atoms with Crippen LogP contribution in [0, 0.1) is 13.8 Å². The zero-order valence-electron chi connectivity index (χ0n) is 25.6. The standard InChI is InChI=1S/C34H43N3O5S/c1-5-32(34(39)35-28-9-7-6-8-10-28)36(23-27-15-11-25(2)12-16-27)33(38)24-37(29-17-19-30(42-4)20-18-29)43(40,41)31-21-13-26(3)14-22-31/h11-22,28,32H,5-10,23-24H2,1-4H3,(H,35,39)/t32-/m1/s1. The van der Waals surface area contributed by atoms with Crippen molar-refractivity contribution >= 4 is 27.5 Å². The van der Waals surface area contributed by atoms with Crippen LogP contribution >= 0.6 is 0 Å². The number of anilines is 1. The summed E-state index contributed by atoms with van der Waals surface area (Å²) in [7, 11) is -2.60. The maximum absolute atomic E-state index is 14.3. The van der Waals surface area contributed by atoms with Crippen LogP contribution in [0.15, 0.2) is 77.7 Å². The van der Waals surface area contributed by atoms with Crippen LogP contribution in [0.2, 0.25) is 0 Å². The molecule has 0 radical (unpaired) electrons. The number of methoxy groups -OCH3 is 1. The number of benzene rings is 3. The summed E-state index contributed by atoms with van der Waals surface area (Å²) in [6.45, 7) is 5.46. The molecular weight excluding hydrogens is 562 g/mol. The zero-order valence-corrected chi connectivity index (χ0v) is 26.4. The van der Waals surface area contributed by atoms with Crippen LogP contribution in [-0.2, 0) is 26.2 Å². The van der Waals surface area contributed by atoms with Gasteiger partial charge in [-0.1, -0.05) is 73.7 Å². The zero-order chi connectivity index (χ0) is 31.0. The van der Waals surface area contributed by atoms with Gasteiger partial charge in [0, 0.05) is 12.6 Å². The van der Waals surface area contributed by atoms with Crippen LogP contribution in [0.4, 0.5) is 5.69 Å². The SMILES string of the molecule is CC[C@H](C(=O)NC1CCCCC1)N(Cc1ccc(C)cc1)C(=O)CN(c1ccc(OC)cc1)S(=O)(=O)c1ccc(C)cc1. The van der Waals surface area contributed by atoms with E-state index < -0.39 is 28.5 Å². The van der Waals surface area contributed by atoms with Gasteiger partial charge in [0.25, 0.3) is 10.0 Å². The molecule has 1 aliphatic carbocycles. The average Bonchev–Trinajstić information content (AvgIpc) is 3.01. The summed E-state index contributed by atoms with van der Waals surface area (Å²) in [5.41, 5.74) is 3.19. The van der Waals surface area contributed by atoms with E-state index in [2.05, 4.69) is 5.32 Å². The number of hydrogen-bond donors (Lipinski definition) is 1. The van der Waals surface area contributed by atoms with Crippen molar-refractivity contribution < 1.29 is 22.7 Å². The summed E-state index contributed by atoms with van der Waals surface area (Å²) >= 11 is 0. The van der Waals surface area contributed by atoms with Crippen molar-refractivity contribution in [1.82, 2.24) is 10.2 Å². The highest BCUT2D eigenvalue weighted by Crippen LogP contribution is 2.27. The molecule has 0 aromatic heterocycles. The summed E-state index contributed by atoms with van der Waals surface area (Å²) in [5.74, 6) is -0.0980. The fraction of sp³-hybridized carbons (Fsp3) is 0.412. The molecule has 1 fully saturated rings. The summed E-state index contributed by atoms with van der Waals surface area (Å²) in [5, 5.41) is 3.18. The Morgan fingerprint density at radius 3 is 2.02 bits per heavy atom. The summed E-state index contributed by atoms with van der Waals surface area (Å²) in [4.78, 5) is 29.5. The fourth-order valence-electron chi connectivity index (χ4n) is 5.47. The number of aryl methyl sites for hydroxylation is 2. The van der Waals surface area contributed by atoms with E-state index in [-0.39, 0.29) is 23.4 Å². The molecule has 1 atom stereocenters. The Balaban J connectivity index is 1.70. The highest BCUT2D eigenvalue weighted by molar-refractivity contribution is 7.92. The van der Waals surface area contributed by atoms with Gasteiger partial charge in [-0.25, -0.2) is 8.42 Å². The molecule has 2 amide bonds. The van der Waals surface area contributed by atoms with Crippen molar-refractivity contribution in [3.8, 4) is 5.75 Å². The van der Waals surface area contributed by atoms with E-state index in [1.165, 1.54) is 12.0 Å². The highest BCUT2D eigenvalue weighted by atomic mass is 32.2. The molecular formula is C34H43N3O5S. The number of sulfonamides is 1. The van der Waals surface area contributed by atoms with E-state index in [4.69, 9.17) is 4.74 Å². The first-order valence-corrected chi connectivity index (χ1v) is 16.4. The first-order valence-electron chi connectivity index (χ1n) is 15.0. The Labute approximate surface area is 256 Å². The monoisotopic (exact) mass is 605 g/mol. The molecule has 8 nitrogen and oxygen atoms in total. The summed E-state index contributed by atoms with van der Waals surface area (Å²) in [6.07, 6.45) is 5.55. The molecule has 0 bridgehead atoms. The Bertz CT molecular complexity index is 1470. The summed E-state index contributed by atoms with van der Waals surface area (Å²) < 4.78 is 34.5. The number of nitrogens with zero attached hydrogens (tertiary/aromatic N) is 2. The van der Waals surface area contributed by atoms with Crippen molar-refractivity contribution in [2.24, 2.45) is 0 Å². The van der Waals surface area contributed by atoms with Crippen LogP contribution in [0.25, 0.3) is 0 Å². The molecule has 0 unspecified atom stereocenters. The van der Waals surface area contributed by atoms with Crippen molar-refractivity contribution in [3.05, 3.63) is 89.5 Å². The lowest BCUT2D eigenvalue weighted by molar-refractivity contribution is -0.140. The van der Waals surface area contributed by atoms with Gasteiger partial charge in [-0.3, -0.25) is 13.9 Å². The highest BCUT2D eigenvalue weighted by Gasteiger charge is 2.34. The maximum Gasteiger partial charge on any atom is 0.264 e. The number of rotatable bonds is 12. The Kier molecular flexibility index (Phi) is 10.9. The third-order valence-corrected chi connectivity index (χ3v) is 9.85. The topological polar surface area (TPSA) is 96.0 Å². The molecule has 9 heteroatoms. The lowest BCUT2D eigenvalue weighted by Crippen LogP contribution is -2.54. The molecule has 1 saturated carbocycles. The Morgan fingerprint density at radius 2 is 1.47 bits per heavy atom. The normalized spacial score (nSPS) is 14.5. The number of amides is 2. The van der Waals surface area contributed by atoms with Gasteiger partial charge in [0.2, 0.25) is 11.8 Å². The molecule has 3 aromatic rings. The first-order chi connectivity index (χ1) is 20.6. The number of hydrogen-bond acceptors (Lipinski definition) is 5. The van der Waals surface area contributed by atoms with Crippen molar-refractivity contribution in [3.63, 3.8) is 0 Å². The largest absolute Gasteiger partial charge is 0.497 e. The molecule has 0 aliphatic heterocycles. The van der Waals surface area contributed by atoms with E-state index in [1.807, 2.05) is 45.0 Å². The molecule has 0 saturated heterocycles. The van der Waals surface area contributed by atoms with Gasteiger partial charge in [0.1, 0.15) is 18.3 Å². The van der Waals surface area contributed by atoms with Crippen molar-refractivity contribution in [2.75, 3.05) is 18.0 Å². The summed E-state index contributed by atoms with van der Waals surface area (Å²) in [6, 6.07) is 20.2. The van der Waals surface area contributed by atoms with Gasteiger partial charge in [-0.15, -0.1) is 0 Å². The second-order valence-electron chi connectivity index (χ2n) is 11.3. The Morgan fingerprint density at radius 1 is 0.884 bits per heavy atom. The third kappa shape index (κ3) is 8.16. The predicted molar refractivity (Wildman–Crippen MR) is 170 cm³/mol. The lowest BCUT2D eigenvalue weighted by atomic mass is 9.95. The molecule has 1 N–H and O–H groups in total. The van der Waals surface area contributed by atoms with Crippen LogP contribution in [0.5, 0.6) is 5.75 Å². The molecule has 3 aromatic carbocycles. The van der Waals surface area contributed by atoms with Gasteiger partial charge >= 0.3 is 0 Å². The average molecular weight is 606 g/mol. The minimum absolute atomic E-state index is 0.0777.